The molecule has 1 N–H and O–H groups in total. The van der Waals surface area contributed by atoms with E-state index in [4.69, 9.17) is 19.6 Å². The number of carbonyl (C=O) groups is 1. The number of rotatable bonds is 7. The highest BCUT2D eigenvalue weighted by Crippen LogP contribution is 2.29. The number of fused-ring (bicyclic) bond motifs is 1. The van der Waals surface area contributed by atoms with Crippen molar-refractivity contribution in [2.24, 2.45) is 0 Å². The molecule has 4 aromatic rings. The van der Waals surface area contributed by atoms with E-state index in [-0.39, 0.29) is 5.91 Å². The fourth-order valence-electron chi connectivity index (χ4n) is 3.80. The number of nitrogens with one attached hydrogen (secondary N) is 1. The Bertz CT molecular complexity index is 1270. The number of amides is 1. The van der Waals surface area contributed by atoms with E-state index in [1.165, 1.54) is 0 Å². The summed E-state index contributed by atoms with van der Waals surface area (Å²) in [5.74, 6) is 1.12. The molecule has 0 aliphatic carbocycles. The summed E-state index contributed by atoms with van der Waals surface area (Å²) in [4.78, 5) is 17.4. The highest BCUT2D eigenvalue weighted by atomic mass is 16.5. The topological polar surface area (TPSA) is 77.8 Å². The van der Waals surface area contributed by atoms with Crippen molar-refractivity contribution < 1.29 is 14.3 Å². The van der Waals surface area contributed by atoms with Gasteiger partial charge in [-0.05, 0) is 38.0 Å². The van der Waals surface area contributed by atoms with Gasteiger partial charge in [0.2, 0.25) is 5.91 Å². The Balaban J connectivity index is 1.54. The highest BCUT2D eigenvalue weighted by molar-refractivity contribution is 5.92. The number of benzene rings is 2. The molecule has 2 aromatic carbocycles. The molecule has 0 bridgehead atoms. The van der Waals surface area contributed by atoms with Crippen molar-refractivity contribution in [3.05, 3.63) is 71.5 Å². The summed E-state index contributed by atoms with van der Waals surface area (Å²) >= 11 is 0. The first-order valence-electron chi connectivity index (χ1n) is 10.4. The van der Waals surface area contributed by atoms with E-state index >= 15 is 0 Å². The molecular weight excluding hydrogens is 404 g/mol. The Kier molecular flexibility index (Phi) is 6.07. The maximum atomic E-state index is 12.7. The van der Waals surface area contributed by atoms with Crippen molar-refractivity contribution in [1.82, 2.24) is 14.6 Å². The summed E-state index contributed by atoms with van der Waals surface area (Å²) < 4.78 is 12.4. The first kappa shape index (κ1) is 21.4. The molecular formula is C25H26N4O3. The van der Waals surface area contributed by atoms with E-state index in [9.17, 15) is 4.79 Å². The van der Waals surface area contributed by atoms with Gasteiger partial charge in [-0.15, -0.1) is 0 Å². The molecule has 0 saturated heterocycles. The number of nitrogens with zero attached hydrogens (tertiary/aromatic N) is 3. The molecule has 0 atom stereocenters. The van der Waals surface area contributed by atoms with Crippen LogP contribution in [0.15, 0.2) is 54.6 Å². The maximum absolute atomic E-state index is 12.7. The molecule has 0 unspecified atom stereocenters. The molecule has 0 spiro atoms. The number of methoxy groups -OCH3 is 2. The van der Waals surface area contributed by atoms with Crippen LogP contribution >= 0.6 is 0 Å². The monoisotopic (exact) mass is 430 g/mol. The lowest BCUT2D eigenvalue weighted by Gasteiger charge is -2.13. The smallest absolute Gasteiger partial charge is 0.224 e. The van der Waals surface area contributed by atoms with Gasteiger partial charge < -0.3 is 14.8 Å². The number of ether oxygens (including phenoxy) is 2. The molecule has 0 fully saturated rings. The van der Waals surface area contributed by atoms with Crippen molar-refractivity contribution >= 4 is 17.2 Å². The van der Waals surface area contributed by atoms with Crippen molar-refractivity contribution in [2.45, 2.75) is 26.7 Å². The number of carbonyl (C=O) groups excluding carboxylic acids is 1. The number of aromatic nitrogens is 3. The lowest BCUT2D eigenvalue weighted by Crippen LogP contribution is -2.15. The molecule has 0 aliphatic heterocycles. The van der Waals surface area contributed by atoms with Gasteiger partial charge >= 0.3 is 0 Å². The zero-order chi connectivity index (χ0) is 22.7. The van der Waals surface area contributed by atoms with Crippen LogP contribution in [-0.2, 0) is 11.2 Å². The number of hydrogen-bond donors (Lipinski definition) is 1. The van der Waals surface area contributed by atoms with Crippen LogP contribution in [0.3, 0.4) is 0 Å². The maximum Gasteiger partial charge on any atom is 0.224 e. The number of anilines is 1. The van der Waals surface area contributed by atoms with E-state index in [2.05, 4.69) is 5.32 Å². The van der Waals surface area contributed by atoms with E-state index in [1.54, 1.807) is 32.4 Å². The van der Waals surface area contributed by atoms with E-state index < -0.39 is 0 Å². The van der Waals surface area contributed by atoms with Crippen molar-refractivity contribution in [3.8, 4) is 22.8 Å². The van der Waals surface area contributed by atoms with E-state index in [0.29, 0.717) is 30.0 Å². The summed E-state index contributed by atoms with van der Waals surface area (Å²) in [5, 5.41) is 7.67. The normalized spacial score (nSPS) is 10.9. The van der Waals surface area contributed by atoms with E-state index in [1.807, 2.05) is 54.8 Å². The molecule has 4 rings (SSSR count). The lowest BCUT2D eigenvalue weighted by molar-refractivity contribution is -0.116. The molecule has 7 nitrogen and oxygen atoms in total. The van der Waals surface area contributed by atoms with Gasteiger partial charge in [0, 0.05) is 35.5 Å². The van der Waals surface area contributed by atoms with Gasteiger partial charge in [-0.2, -0.15) is 5.10 Å². The molecule has 0 saturated carbocycles. The Labute approximate surface area is 187 Å². The standard InChI is InChI=1S/C25H26N4O3/c1-16-20(11-13-25(30)27-22-14-19(31-3)10-12-23(22)32-4)17(2)29-24(26-16)15-21(28-29)18-8-6-5-7-9-18/h5-10,12,14-15H,11,13H2,1-4H3,(H,27,30). The molecule has 1 amide bonds. The number of aryl methyl sites for hydroxylation is 2. The van der Waals surface area contributed by atoms with Crippen LogP contribution < -0.4 is 14.8 Å². The van der Waals surface area contributed by atoms with Crippen molar-refractivity contribution in [3.63, 3.8) is 0 Å². The van der Waals surface area contributed by atoms with Gasteiger partial charge in [-0.25, -0.2) is 9.50 Å². The summed E-state index contributed by atoms with van der Waals surface area (Å²) in [6.07, 6.45) is 0.862. The molecule has 32 heavy (non-hydrogen) atoms. The first-order valence-corrected chi connectivity index (χ1v) is 10.4. The lowest BCUT2D eigenvalue weighted by atomic mass is 10.1. The molecule has 0 radical (unpaired) electrons. The fraction of sp³-hybridized carbons (Fsp3) is 0.240. The fourth-order valence-corrected chi connectivity index (χ4v) is 3.80. The summed E-state index contributed by atoms with van der Waals surface area (Å²) in [5.41, 5.74) is 6.21. The van der Waals surface area contributed by atoms with Gasteiger partial charge in [0.25, 0.3) is 0 Å². The third kappa shape index (κ3) is 4.27. The first-order chi connectivity index (χ1) is 15.5. The summed E-state index contributed by atoms with van der Waals surface area (Å²) in [6, 6.07) is 17.3. The third-order valence-corrected chi connectivity index (χ3v) is 5.52. The predicted molar refractivity (Wildman–Crippen MR) is 124 cm³/mol. The average Bonchev–Trinajstić information content (AvgIpc) is 3.23. The largest absolute Gasteiger partial charge is 0.497 e. The van der Waals surface area contributed by atoms with Gasteiger partial charge in [-0.3, -0.25) is 4.79 Å². The predicted octanol–water partition coefficient (Wildman–Crippen LogP) is 4.60. The third-order valence-electron chi connectivity index (χ3n) is 5.52. The number of hydrogen-bond acceptors (Lipinski definition) is 5. The molecule has 2 aromatic heterocycles. The minimum Gasteiger partial charge on any atom is -0.497 e. The van der Waals surface area contributed by atoms with Gasteiger partial charge in [0.05, 0.1) is 25.6 Å². The Morgan fingerprint density at radius 3 is 2.53 bits per heavy atom. The second-order valence-corrected chi connectivity index (χ2v) is 7.54. The second kappa shape index (κ2) is 9.09. The van der Waals surface area contributed by atoms with Crippen LogP contribution in [-0.4, -0.2) is 34.7 Å². The summed E-state index contributed by atoms with van der Waals surface area (Å²) in [6.45, 7) is 3.99. The SMILES string of the molecule is COc1ccc(OC)c(NC(=O)CCc2c(C)nc3cc(-c4ccccc4)nn3c2C)c1. The molecule has 7 heteroatoms. The van der Waals surface area contributed by atoms with Crippen LogP contribution in [0.1, 0.15) is 23.4 Å². The quantitative estimate of drug-likeness (QED) is 0.464. The van der Waals surface area contributed by atoms with Crippen LogP contribution in [0.5, 0.6) is 11.5 Å². The van der Waals surface area contributed by atoms with Gasteiger partial charge in [0.15, 0.2) is 5.65 Å². The minimum absolute atomic E-state index is 0.110. The Morgan fingerprint density at radius 1 is 1.03 bits per heavy atom. The minimum atomic E-state index is -0.110. The summed E-state index contributed by atoms with van der Waals surface area (Å²) in [7, 11) is 3.15. The van der Waals surface area contributed by atoms with Crippen LogP contribution in [0.2, 0.25) is 0 Å². The Hall–Kier alpha value is -3.87. The van der Waals surface area contributed by atoms with Crippen LogP contribution in [0, 0.1) is 13.8 Å². The molecule has 0 aliphatic rings. The van der Waals surface area contributed by atoms with Crippen molar-refractivity contribution in [2.75, 3.05) is 19.5 Å². The van der Waals surface area contributed by atoms with E-state index in [0.717, 1.165) is 33.9 Å². The van der Waals surface area contributed by atoms with Gasteiger partial charge in [0.1, 0.15) is 11.5 Å². The average molecular weight is 431 g/mol. The van der Waals surface area contributed by atoms with Crippen LogP contribution in [0.25, 0.3) is 16.9 Å². The van der Waals surface area contributed by atoms with Crippen molar-refractivity contribution in [1.29, 1.82) is 0 Å². The zero-order valence-electron chi connectivity index (χ0n) is 18.7. The Morgan fingerprint density at radius 2 is 1.81 bits per heavy atom. The van der Waals surface area contributed by atoms with Crippen LogP contribution in [0.4, 0.5) is 5.69 Å². The second-order valence-electron chi connectivity index (χ2n) is 7.54. The zero-order valence-corrected chi connectivity index (χ0v) is 18.7. The van der Waals surface area contributed by atoms with Gasteiger partial charge in [-0.1, -0.05) is 30.3 Å². The molecule has 2 heterocycles. The highest BCUT2D eigenvalue weighted by Gasteiger charge is 2.15. The molecule has 164 valence electrons.